The van der Waals surface area contributed by atoms with Crippen LogP contribution in [-0.4, -0.2) is 12.6 Å². The second-order valence-electron chi connectivity index (χ2n) is 4.81. The molecular formula is C17H20ClNO. The molecule has 2 nitrogen and oxygen atoms in total. The maximum Gasteiger partial charge on any atom is 0.119 e. The van der Waals surface area contributed by atoms with E-state index in [0.717, 1.165) is 29.4 Å². The number of aryl methyl sites for hydroxylation is 1. The van der Waals surface area contributed by atoms with Crippen LogP contribution in [0.5, 0.6) is 5.75 Å². The Labute approximate surface area is 125 Å². The molecule has 0 aliphatic rings. The second kappa shape index (κ2) is 7.20. The van der Waals surface area contributed by atoms with E-state index in [1.54, 1.807) is 0 Å². The van der Waals surface area contributed by atoms with Crippen LogP contribution in [0.1, 0.15) is 19.4 Å². The van der Waals surface area contributed by atoms with Crippen molar-refractivity contribution in [1.82, 2.24) is 0 Å². The highest BCUT2D eigenvalue weighted by molar-refractivity contribution is 6.30. The van der Waals surface area contributed by atoms with Gasteiger partial charge in [-0.15, -0.1) is 0 Å². The molecule has 0 spiro atoms. The molecule has 106 valence electrons. The predicted octanol–water partition coefficient (Wildman–Crippen LogP) is 4.78. The largest absolute Gasteiger partial charge is 0.489 e. The van der Waals surface area contributed by atoms with Crippen molar-refractivity contribution in [1.29, 1.82) is 0 Å². The number of hydrogen-bond acceptors (Lipinski definition) is 2. The van der Waals surface area contributed by atoms with Crippen molar-refractivity contribution in [2.75, 3.05) is 11.9 Å². The Morgan fingerprint density at radius 3 is 2.30 bits per heavy atom. The number of hydrogen-bond donors (Lipinski definition) is 1. The van der Waals surface area contributed by atoms with E-state index in [2.05, 4.69) is 31.3 Å². The molecule has 2 aromatic rings. The van der Waals surface area contributed by atoms with Crippen molar-refractivity contribution in [2.24, 2.45) is 0 Å². The Balaban J connectivity index is 1.82. The van der Waals surface area contributed by atoms with Crippen LogP contribution >= 0.6 is 11.6 Å². The predicted molar refractivity (Wildman–Crippen MR) is 85.9 cm³/mol. The van der Waals surface area contributed by atoms with Crippen LogP contribution in [0.15, 0.2) is 48.5 Å². The molecule has 20 heavy (non-hydrogen) atoms. The Morgan fingerprint density at radius 2 is 1.70 bits per heavy atom. The molecule has 0 aliphatic carbocycles. The van der Waals surface area contributed by atoms with Gasteiger partial charge in [0.05, 0.1) is 6.54 Å². The maximum absolute atomic E-state index is 5.87. The summed E-state index contributed by atoms with van der Waals surface area (Å²) in [6.45, 7) is 4.95. The summed E-state index contributed by atoms with van der Waals surface area (Å²) in [5, 5.41) is 4.08. The number of rotatable bonds is 6. The Bertz CT molecular complexity index is 522. The fourth-order valence-electron chi connectivity index (χ4n) is 1.91. The summed E-state index contributed by atoms with van der Waals surface area (Å²) in [6.07, 6.45) is 1.15. The van der Waals surface area contributed by atoms with Gasteiger partial charge in [-0.05, 0) is 55.3 Å². The second-order valence-corrected chi connectivity index (χ2v) is 5.25. The molecule has 1 atom stereocenters. The summed E-state index contributed by atoms with van der Waals surface area (Å²) in [4.78, 5) is 0. The maximum atomic E-state index is 5.87. The van der Waals surface area contributed by atoms with E-state index in [4.69, 9.17) is 16.3 Å². The first-order valence-electron chi connectivity index (χ1n) is 6.92. The van der Waals surface area contributed by atoms with Crippen LogP contribution in [0.2, 0.25) is 5.02 Å². The van der Waals surface area contributed by atoms with Gasteiger partial charge in [0.15, 0.2) is 0 Å². The van der Waals surface area contributed by atoms with Gasteiger partial charge in [0, 0.05) is 10.7 Å². The van der Waals surface area contributed by atoms with E-state index in [0.29, 0.717) is 0 Å². The number of ether oxygens (including phenoxy) is 1. The molecule has 0 bridgehead atoms. The summed E-state index contributed by atoms with van der Waals surface area (Å²) in [6, 6.07) is 15.9. The molecule has 0 saturated heterocycles. The fraction of sp³-hybridized carbons (Fsp3) is 0.294. The first-order chi connectivity index (χ1) is 9.67. The number of anilines is 1. The van der Waals surface area contributed by atoms with Crippen LogP contribution in [-0.2, 0) is 6.42 Å². The lowest BCUT2D eigenvalue weighted by Crippen LogP contribution is -2.22. The third-order valence-corrected chi connectivity index (χ3v) is 3.36. The standard InChI is InChI=1S/C17H20ClNO/c1-3-14-4-10-17(11-5-14)20-13(2)12-19-16-8-6-15(18)7-9-16/h4-11,13,19H,3,12H2,1-2H3. The van der Waals surface area contributed by atoms with Crippen LogP contribution in [0.25, 0.3) is 0 Å². The molecule has 0 heterocycles. The van der Waals surface area contributed by atoms with Gasteiger partial charge in [0.25, 0.3) is 0 Å². The van der Waals surface area contributed by atoms with E-state index in [9.17, 15) is 0 Å². The third kappa shape index (κ3) is 4.46. The molecule has 0 amide bonds. The van der Waals surface area contributed by atoms with E-state index < -0.39 is 0 Å². The summed E-state index contributed by atoms with van der Waals surface area (Å²) in [5.74, 6) is 0.910. The van der Waals surface area contributed by atoms with Crippen molar-refractivity contribution >= 4 is 17.3 Å². The molecule has 1 N–H and O–H groups in total. The van der Waals surface area contributed by atoms with E-state index in [1.807, 2.05) is 36.4 Å². The summed E-state index contributed by atoms with van der Waals surface area (Å²) < 4.78 is 5.87. The summed E-state index contributed by atoms with van der Waals surface area (Å²) in [7, 11) is 0. The summed E-state index contributed by atoms with van der Waals surface area (Å²) >= 11 is 5.85. The normalized spacial score (nSPS) is 11.9. The first kappa shape index (κ1) is 14.7. The lowest BCUT2D eigenvalue weighted by molar-refractivity contribution is 0.234. The van der Waals surface area contributed by atoms with E-state index >= 15 is 0 Å². The van der Waals surface area contributed by atoms with Crippen LogP contribution < -0.4 is 10.1 Å². The third-order valence-electron chi connectivity index (χ3n) is 3.11. The fourth-order valence-corrected chi connectivity index (χ4v) is 2.03. The zero-order valence-electron chi connectivity index (χ0n) is 11.9. The molecule has 0 aliphatic heterocycles. The molecule has 0 fully saturated rings. The average Bonchev–Trinajstić information content (AvgIpc) is 2.47. The first-order valence-corrected chi connectivity index (χ1v) is 7.30. The Hall–Kier alpha value is -1.67. The van der Waals surface area contributed by atoms with Gasteiger partial charge < -0.3 is 10.1 Å². The molecule has 0 radical (unpaired) electrons. The van der Waals surface area contributed by atoms with Gasteiger partial charge in [0.1, 0.15) is 11.9 Å². The Kier molecular flexibility index (Phi) is 5.31. The van der Waals surface area contributed by atoms with Gasteiger partial charge >= 0.3 is 0 Å². The van der Waals surface area contributed by atoms with Crippen molar-refractivity contribution in [3.8, 4) is 5.75 Å². The highest BCUT2D eigenvalue weighted by Gasteiger charge is 2.04. The summed E-state index contributed by atoms with van der Waals surface area (Å²) in [5.41, 5.74) is 2.37. The topological polar surface area (TPSA) is 21.3 Å². The molecule has 0 saturated carbocycles. The number of halogens is 1. The zero-order chi connectivity index (χ0) is 14.4. The van der Waals surface area contributed by atoms with Gasteiger partial charge in [-0.2, -0.15) is 0 Å². The van der Waals surface area contributed by atoms with Crippen molar-refractivity contribution in [3.63, 3.8) is 0 Å². The molecule has 2 rings (SSSR count). The highest BCUT2D eigenvalue weighted by atomic mass is 35.5. The van der Waals surface area contributed by atoms with Gasteiger partial charge in [-0.3, -0.25) is 0 Å². The molecule has 3 heteroatoms. The average molecular weight is 290 g/mol. The van der Waals surface area contributed by atoms with Gasteiger partial charge in [-0.25, -0.2) is 0 Å². The number of nitrogens with one attached hydrogen (secondary N) is 1. The Morgan fingerprint density at radius 1 is 1.05 bits per heavy atom. The van der Waals surface area contributed by atoms with E-state index in [1.165, 1.54) is 5.56 Å². The molecule has 1 unspecified atom stereocenters. The van der Waals surface area contributed by atoms with E-state index in [-0.39, 0.29) is 6.10 Å². The molecule has 2 aromatic carbocycles. The lowest BCUT2D eigenvalue weighted by atomic mass is 10.2. The van der Waals surface area contributed by atoms with Gasteiger partial charge in [-0.1, -0.05) is 30.7 Å². The lowest BCUT2D eigenvalue weighted by Gasteiger charge is -2.16. The van der Waals surface area contributed by atoms with Crippen molar-refractivity contribution in [3.05, 3.63) is 59.1 Å². The zero-order valence-corrected chi connectivity index (χ0v) is 12.7. The van der Waals surface area contributed by atoms with Crippen LogP contribution in [0.3, 0.4) is 0 Å². The number of benzene rings is 2. The smallest absolute Gasteiger partial charge is 0.119 e. The highest BCUT2D eigenvalue weighted by Crippen LogP contribution is 2.16. The molecular weight excluding hydrogens is 270 g/mol. The van der Waals surface area contributed by atoms with Crippen molar-refractivity contribution < 1.29 is 4.74 Å². The van der Waals surface area contributed by atoms with Crippen LogP contribution in [0, 0.1) is 0 Å². The molecule has 0 aromatic heterocycles. The minimum Gasteiger partial charge on any atom is -0.489 e. The quantitative estimate of drug-likeness (QED) is 0.826. The monoisotopic (exact) mass is 289 g/mol. The van der Waals surface area contributed by atoms with Crippen molar-refractivity contribution in [2.45, 2.75) is 26.4 Å². The van der Waals surface area contributed by atoms with Gasteiger partial charge in [0.2, 0.25) is 0 Å². The van der Waals surface area contributed by atoms with Crippen LogP contribution in [0.4, 0.5) is 5.69 Å². The SMILES string of the molecule is CCc1ccc(OC(C)CNc2ccc(Cl)cc2)cc1. The minimum absolute atomic E-state index is 0.0955. The minimum atomic E-state index is 0.0955.